The first-order chi connectivity index (χ1) is 16.0. The summed E-state index contributed by atoms with van der Waals surface area (Å²) in [6.45, 7) is 1.33. The lowest BCUT2D eigenvalue weighted by Crippen LogP contribution is -2.67. The molecule has 2 saturated heterocycles. The minimum absolute atomic E-state index is 0.00734. The lowest BCUT2D eigenvalue weighted by Gasteiger charge is -2.47. The van der Waals surface area contributed by atoms with Gasteiger partial charge in [-0.3, -0.25) is 25.1 Å². The second-order valence-electron chi connectivity index (χ2n) is 8.58. The number of aromatic amines is 1. The number of nitrogens with zero attached hydrogens (tertiary/aromatic N) is 3. The molecule has 3 amide bonds. The van der Waals surface area contributed by atoms with Gasteiger partial charge in [0, 0.05) is 42.3 Å². The number of fused-ring (bicyclic) bond motifs is 2. The number of piperidine rings is 1. The average molecular weight is 447 g/mol. The Labute approximate surface area is 190 Å². The van der Waals surface area contributed by atoms with Crippen molar-refractivity contribution in [2.24, 2.45) is 5.92 Å². The van der Waals surface area contributed by atoms with Gasteiger partial charge < -0.3 is 9.88 Å². The monoisotopic (exact) mass is 447 g/mol. The molecule has 2 atom stereocenters. The van der Waals surface area contributed by atoms with Crippen molar-refractivity contribution in [2.75, 3.05) is 13.1 Å². The van der Waals surface area contributed by atoms with Gasteiger partial charge in [-0.2, -0.15) is 0 Å². The molecule has 2 aliphatic heterocycles. The summed E-state index contributed by atoms with van der Waals surface area (Å²) < 4.78 is 0. The van der Waals surface area contributed by atoms with Crippen LogP contribution in [0.25, 0.3) is 10.9 Å². The number of para-hydroxylation sites is 1. The summed E-state index contributed by atoms with van der Waals surface area (Å²) in [7, 11) is 0. The summed E-state index contributed by atoms with van der Waals surface area (Å²) in [5.41, 5.74) is 2.89. The predicted molar refractivity (Wildman–Crippen MR) is 122 cm³/mol. The molecule has 2 unspecified atom stereocenters. The number of amides is 3. The highest BCUT2D eigenvalue weighted by Crippen LogP contribution is 2.30. The lowest BCUT2D eigenvalue weighted by atomic mass is 9.91. The molecule has 33 heavy (non-hydrogen) atoms. The van der Waals surface area contributed by atoms with Gasteiger partial charge in [0.1, 0.15) is 0 Å². The van der Waals surface area contributed by atoms with Crippen molar-refractivity contribution in [1.29, 1.82) is 0 Å². The number of carbonyl (C=O) groups excluding carboxylic acids is 2. The molecule has 2 aromatic carbocycles. The van der Waals surface area contributed by atoms with Crippen LogP contribution in [0.1, 0.15) is 24.0 Å². The summed E-state index contributed by atoms with van der Waals surface area (Å²) in [6.07, 6.45) is 3.74. The third kappa shape index (κ3) is 3.95. The number of hydrogen-bond acceptors (Lipinski definition) is 5. The second-order valence-corrected chi connectivity index (χ2v) is 8.58. The quantitative estimate of drug-likeness (QED) is 0.444. The van der Waals surface area contributed by atoms with E-state index >= 15 is 0 Å². The molecule has 2 aliphatic rings. The SMILES string of the molecule is O=C1C2CCCNC2N(Cc2ccc([N+](=O)[O-])cc2)C(=O)N1CCc1c[nH]c2ccccc12. The van der Waals surface area contributed by atoms with Crippen molar-refractivity contribution in [3.05, 3.63) is 76.0 Å². The van der Waals surface area contributed by atoms with Crippen molar-refractivity contribution in [2.45, 2.75) is 32.0 Å². The molecule has 2 fully saturated rings. The molecular formula is C24H25N5O4. The molecule has 9 heteroatoms. The van der Waals surface area contributed by atoms with E-state index in [0.29, 0.717) is 13.0 Å². The normalized spacial score (nSPS) is 20.8. The van der Waals surface area contributed by atoms with E-state index in [-0.39, 0.29) is 36.3 Å². The summed E-state index contributed by atoms with van der Waals surface area (Å²) in [4.78, 5) is 43.6. The summed E-state index contributed by atoms with van der Waals surface area (Å²) in [5.74, 6) is -0.422. The fourth-order valence-corrected chi connectivity index (χ4v) is 4.89. The van der Waals surface area contributed by atoms with Crippen molar-refractivity contribution in [1.82, 2.24) is 20.1 Å². The first-order valence-electron chi connectivity index (χ1n) is 11.2. The summed E-state index contributed by atoms with van der Waals surface area (Å²) >= 11 is 0. The number of non-ortho nitro benzene ring substituents is 1. The fourth-order valence-electron chi connectivity index (χ4n) is 4.89. The number of benzene rings is 2. The number of urea groups is 1. The molecule has 0 radical (unpaired) electrons. The van der Waals surface area contributed by atoms with E-state index < -0.39 is 4.92 Å². The molecule has 0 aliphatic carbocycles. The van der Waals surface area contributed by atoms with Crippen molar-refractivity contribution < 1.29 is 14.5 Å². The predicted octanol–water partition coefficient (Wildman–Crippen LogP) is 3.41. The van der Waals surface area contributed by atoms with E-state index in [4.69, 9.17) is 0 Å². The van der Waals surface area contributed by atoms with Crippen molar-refractivity contribution in [3.8, 4) is 0 Å². The zero-order chi connectivity index (χ0) is 22.9. The molecular weight excluding hydrogens is 422 g/mol. The smallest absolute Gasteiger partial charge is 0.328 e. The van der Waals surface area contributed by atoms with Crippen LogP contribution in [-0.4, -0.2) is 50.9 Å². The Balaban J connectivity index is 1.38. The molecule has 0 bridgehead atoms. The number of aromatic nitrogens is 1. The maximum Gasteiger partial charge on any atom is 0.328 e. The first-order valence-corrected chi connectivity index (χ1v) is 11.2. The molecule has 3 aromatic rings. The Morgan fingerprint density at radius 2 is 1.88 bits per heavy atom. The number of nitrogens with one attached hydrogen (secondary N) is 2. The van der Waals surface area contributed by atoms with Crippen LogP contribution in [0, 0.1) is 16.0 Å². The molecule has 5 rings (SSSR count). The zero-order valence-electron chi connectivity index (χ0n) is 18.1. The Morgan fingerprint density at radius 1 is 1.09 bits per heavy atom. The highest BCUT2D eigenvalue weighted by Gasteiger charge is 2.46. The van der Waals surface area contributed by atoms with Crippen LogP contribution < -0.4 is 5.32 Å². The molecule has 0 spiro atoms. The number of nitro benzene ring substituents is 1. The van der Waals surface area contributed by atoms with Crippen LogP contribution in [0.2, 0.25) is 0 Å². The Bertz CT molecular complexity index is 1210. The topological polar surface area (TPSA) is 112 Å². The van der Waals surface area contributed by atoms with Gasteiger partial charge in [0.2, 0.25) is 5.91 Å². The van der Waals surface area contributed by atoms with E-state index in [2.05, 4.69) is 10.3 Å². The summed E-state index contributed by atoms with van der Waals surface area (Å²) in [6, 6.07) is 13.8. The van der Waals surface area contributed by atoms with Crippen LogP contribution in [0.4, 0.5) is 10.5 Å². The molecule has 2 N–H and O–H groups in total. The Kier molecular flexibility index (Phi) is 5.55. The average Bonchev–Trinajstić information content (AvgIpc) is 3.25. The number of nitro groups is 1. The van der Waals surface area contributed by atoms with Gasteiger partial charge in [0.15, 0.2) is 0 Å². The van der Waals surface area contributed by atoms with E-state index in [1.165, 1.54) is 17.0 Å². The van der Waals surface area contributed by atoms with Crippen LogP contribution in [0.5, 0.6) is 0 Å². The van der Waals surface area contributed by atoms with Crippen LogP contribution in [-0.2, 0) is 17.8 Å². The number of carbonyl (C=O) groups is 2. The van der Waals surface area contributed by atoms with Gasteiger partial charge in [-0.1, -0.05) is 30.3 Å². The van der Waals surface area contributed by atoms with Crippen molar-refractivity contribution in [3.63, 3.8) is 0 Å². The standard InChI is InChI=1S/C24H25N5O4/c30-23-20-5-3-12-25-22(20)28(15-16-7-9-18(10-8-16)29(32)33)24(31)27(23)13-11-17-14-26-21-6-2-1-4-19(17)21/h1-2,4,6-10,14,20,22,25-26H,3,5,11-13,15H2. The Morgan fingerprint density at radius 3 is 2.67 bits per heavy atom. The van der Waals surface area contributed by atoms with Gasteiger partial charge in [-0.15, -0.1) is 0 Å². The van der Waals surface area contributed by atoms with Crippen LogP contribution >= 0.6 is 0 Å². The second kappa shape index (κ2) is 8.67. The molecule has 170 valence electrons. The third-order valence-corrected chi connectivity index (χ3v) is 6.60. The highest BCUT2D eigenvalue weighted by atomic mass is 16.6. The number of rotatable bonds is 6. The van der Waals surface area contributed by atoms with Gasteiger partial charge >= 0.3 is 6.03 Å². The zero-order valence-corrected chi connectivity index (χ0v) is 18.1. The largest absolute Gasteiger partial charge is 0.361 e. The molecule has 3 heterocycles. The maximum absolute atomic E-state index is 13.5. The number of imide groups is 1. The molecule has 0 saturated carbocycles. The molecule has 1 aromatic heterocycles. The van der Waals surface area contributed by atoms with E-state index in [1.54, 1.807) is 17.0 Å². The number of H-pyrrole nitrogens is 1. The van der Waals surface area contributed by atoms with Gasteiger partial charge in [-0.25, -0.2) is 4.79 Å². The van der Waals surface area contributed by atoms with Crippen LogP contribution in [0.3, 0.4) is 0 Å². The Hall–Kier alpha value is -3.72. The van der Waals surface area contributed by atoms with E-state index in [0.717, 1.165) is 41.4 Å². The van der Waals surface area contributed by atoms with E-state index in [1.807, 2.05) is 30.5 Å². The van der Waals surface area contributed by atoms with Gasteiger partial charge in [0.25, 0.3) is 5.69 Å². The minimum atomic E-state index is -0.445. The first kappa shape index (κ1) is 21.1. The number of hydrogen-bond donors (Lipinski definition) is 2. The maximum atomic E-state index is 13.5. The molecule has 9 nitrogen and oxygen atoms in total. The third-order valence-electron chi connectivity index (χ3n) is 6.60. The van der Waals surface area contributed by atoms with Crippen molar-refractivity contribution >= 4 is 28.5 Å². The summed E-state index contributed by atoms with van der Waals surface area (Å²) in [5, 5.41) is 15.4. The minimum Gasteiger partial charge on any atom is -0.361 e. The lowest BCUT2D eigenvalue weighted by molar-refractivity contribution is -0.384. The van der Waals surface area contributed by atoms with Gasteiger partial charge in [0.05, 0.1) is 17.0 Å². The van der Waals surface area contributed by atoms with E-state index in [9.17, 15) is 19.7 Å². The fraction of sp³-hybridized carbons (Fsp3) is 0.333. The van der Waals surface area contributed by atoms with Crippen LogP contribution in [0.15, 0.2) is 54.7 Å². The van der Waals surface area contributed by atoms with Gasteiger partial charge in [-0.05, 0) is 43.0 Å². The highest BCUT2D eigenvalue weighted by molar-refractivity contribution is 5.98.